The number of carbonyl (C=O) groups is 1. The minimum atomic E-state index is -0.0357. The van der Waals surface area contributed by atoms with Crippen LogP contribution in [0.5, 0.6) is 0 Å². The van der Waals surface area contributed by atoms with Crippen molar-refractivity contribution in [1.29, 1.82) is 0 Å². The van der Waals surface area contributed by atoms with Gasteiger partial charge in [0.2, 0.25) is 5.91 Å². The lowest BCUT2D eigenvalue weighted by Gasteiger charge is -2.09. The predicted octanol–water partition coefficient (Wildman–Crippen LogP) is 2.54. The van der Waals surface area contributed by atoms with Gasteiger partial charge in [-0.05, 0) is 25.5 Å². The molecule has 90 valence electrons. The van der Waals surface area contributed by atoms with Gasteiger partial charge in [0.15, 0.2) is 0 Å². The van der Waals surface area contributed by atoms with Crippen molar-refractivity contribution in [3.63, 3.8) is 0 Å². The summed E-state index contributed by atoms with van der Waals surface area (Å²) in [6, 6.07) is 0. The molecule has 0 aromatic carbocycles. The second-order valence-electron chi connectivity index (χ2n) is 4.04. The minimum Gasteiger partial charge on any atom is -0.359 e. The van der Waals surface area contributed by atoms with Gasteiger partial charge < -0.3 is 5.32 Å². The highest BCUT2D eigenvalue weighted by molar-refractivity contribution is 6.11. The molecule has 0 atom stereocenters. The minimum absolute atomic E-state index is 0.0357. The standard InChI is InChI=1S/C14H18N2O/c1-10(2)13(9-14(17)15-4)16-12-8-6-5-7-11(12)3/h5-8H,3,9H2,1-2,4H3,(H,15,17). The number of nitrogens with one attached hydrogen (secondary N) is 1. The monoisotopic (exact) mass is 230 g/mol. The Hall–Kier alpha value is -1.90. The Morgan fingerprint density at radius 2 is 2.00 bits per heavy atom. The molecule has 1 rings (SSSR count). The Labute approximate surface area is 102 Å². The van der Waals surface area contributed by atoms with Gasteiger partial charge in [-0.15, -0.1) is 0 Å². The molecule has 0 radical (unpaired) electrons. The lowest BCUT2D eigenvalue weighted by Crippen LogP contribution is -2.18. The number of allylic oxidation sites excluding steroid dienone is 6. The maximum Gasteiger partial charge on any atom is 0.225 e. The van der Waals surface area contributed by atoms with Gasteiger partial charge in [0.1, 0.15) is 0 Å². The number of amides is 1. The Kier molecular flexibility index (Phi) is 4.64. The molecular weight excluding hydrogens is 212 g/mol. The number of nitrogens with zero attached hydrogens (tertiary/aromatic N) is 1. The topological polar surface area (TPSA) is 41.5 Å². The largest absolute Gasteiger partial charge is 0.359 e. The van der Waals surface area contributed by atoms with Crippen molar-refractivity contribution in [2.75, 3.05) is 7.05 Å². The number of carbonyl (C=O) groups excluding carboxylic acids is 1. The lowest BCUT2D eigenvalue weighted by atomic mass is 10.1. The van der Waals surface area contributed by atoms with E-state index in [0.29, 0.717) is 6.42 Å². The Morgan fingerprint density at radius 1 is 1.35 bits per heavy atom. The molecule has 1 aliphatic carbocycles. The third kappa shape index (κ3) is 3.87. The normalized spacial score (nSPS) is 16.2. The Bertz CT molecular complexity index is 447. The molecule has 3 nitrogen and oxygen atoms in total. The average Bonchev–Trinajstić information content (AvgIpc) is 2.30. The van der Waals surface area contributed by atoms with Crippen LogP contribution in [0.25, 0.3) is 0 Å². The fourth-order valence-corrected chi connectivity index (χ4v) is 1.33. The zero-order chi connectivity index (χ0) is 12.8. The SMILES string of the molecule is C=C1C=CC=CC1=NC(CC(=O)NC)=C(C)C. The van der Waals surface area contributed by atoms with Crippen LogP contribution in [-0.2, 0) is 4.79 Å². The van der Waals surface area contributed by atoms with Crippen molar-refractivity contribution in [3.8, 4) is 0 Å². The molecule has 1 N–H and O–H groups in total. The number of hydrogen-bond donors (Lipinski definition) is 1. The fraction of sp³-hybridized carbons (Fsp3) is 0.286. The summed E-state index contributed by atoms with van der Waals surface area (Å²) < 4.78 is 0. The van der Waals surface area contributed by atoms with Crippen molar-refractivity contribution in [1.82, 2.24) is 5.32 Å². The van der Waals surface area contributed by atoms with Crippen LogP contribution in [0.1, 0.15) is 20.3 Å². The van der Waals surface area contributed by atoms with Gasteiger partial charge in [-0.1, -0.05) is 30.4 Å². The predicted molar refractivity (Wildman–Crippen MR) is 71.9 cm³/mol. The smallest absolute Gasteiger partial charge is 0.225 e. The third-order valence-electron chi connectivity index (χ3n) is 2.43. The Morgan fingerprint density at radius 3 is 2.53 bits per heavy atom. The lowest BCUT2D eigenvalue weighted by molar-refractivity contribution is -0.119. The van der Waals surface area contributed by atoms with Crippen molar-refractivity contribution in [3.05, 3.63) is 47.7 Å². The van der Waals surface area contributed by atoms with E-state index in [9.17, 15) is 4.79 Å². The molecule has 1 amide bonds. The number of hydrogen-bond acceptors (Lipinski definition) is 2. The van der Waals surface area contributed by atoms with E-state index in [1.165, 1.54) is 0 Å². The van der Waals surface area contributed by atoms with Crippen LogP contribution in [0.2, 0.25) is 0 Å². The summed E-state index contributed by atoms with van der Waals surface area (Å²) in [7, 11) is 1.63. The van der Waals surface area contributed by atoms with E-state index in [2.05, 4.69) is 16.9 Å². The summed E-state index contributed by atoms with van der Waals surface area (Å²) in [6.07, 6.45) is 7.93. The molecule has 0 aromatic rings. The quantitative estimate of drug-likeness (QED) is 0.795. The highest BCUT2D eigenvalue weighted by atomic mass is 16.1. The maximum absolute atomic E-state index is 11.4. The van der Waals surface area contributed by atoms with Gasteiger partial charge in [-0.2, -0.15) is 0 Å². The molecule has 0 spiro atoms. The second kappa shape index (κ2) is 5.99. The van der Waals surface area contributed by atoms with Crippen molar-refractivity contribution in [2.45, 2.75) is 20.3 Å². The van der Waals surface area contributed by atoms with Gasteiger partial charge in [0.25, 0.3) is 0 Å². The van der Waals surface area contributed by atoms with Gasteiger partial charge in [0, 0.05) is 12.7 Å². The Balaban J connectivity index is 2.96. The highest BCUT2D eigenvalue weighted by Crippen LogP contribution is 2.14. The maximum atomic E-state index is 11.4. The van der Waals surface area contributed by atoms with Crippen molar-refractivity contribution in [2.24, 2.45) is 4.99 Å². The summed E-state index contributed by atoms with van der Waals surface area (Å²) in [4.78, 5) is 15.9. The van der Waals surface area contributed by atoms with Crippen LogP contribution in [-0.4, -0.2) is 18.7 Å². The summed E-state index contributed by atoms with van der Waals surface area (Å²) in [5.74, 6) is -0.0357. The molecule has 0 fully saturated rings. The first-order valence-corrected chi connectivity index (χ1v) is 5.54. The molecule has 0 saturated heterocycles. The number of aliphatic imine (C=N–C) groups is 1. The highest BCUT2D eigenvalue weighted by Gasteiger charge is 2.08. The molecule has 0 bridgehead atoms. The van der Waals surface area contributed by atoms with E-state index in [4.69, 9.17) is 0 Å². The third-order valence-corrected chi connectivity index (χ3v) is 2.43. The van der Waals surface area contributed by atoms with E-state index >= 15 is 0 Å². The van der Waals surface area contributed by atoms with Gasteiger partial charge in [-0.3, -0.25) is 9.79 Å². The summed E-state index contributed by atoms with van der Waals surface area (Å²) in [5.41, 5.74) is 3.51. The number of rotatable bonds is 3. The van der Waals surface area contributed by atoms with Crippen LogP contribution in [0.4, 0.5) is 0 Å². The van der Waals surface area contributed by atoms with Crippen LogP contribution in [0.3, 0.4) is 0 Å². The summed E-state index contributed by atoms with van der Waals surface area (Å²) in [6.45, 7) is 7.82. The molecular formula is C14H18N2O. The fourth-order valence-electron chi connectivity index (χ4n) is 1.33. The van der Waals surface area contributed by atoms with Gasteiger partial charge in [0.05, 0.1) is 12.1 Å². The van der Waals surface area contributed by atoms with E-state index < -0.39 is 0 Å². The van der Waals surface area contributed by atoms with Crippen LogP contribution in [0, 0.1) is 0 Å². The molecule has 0 unspecified atom stereocenters. The molecule has 17 heavy (non-hydrogen) atoms. The zero-order valence-corrected chi connectivity index (χ0v) is 10.6. The van der Waals surface area contributed by atoms with Gasteiger partial charge in [-0.25, -0.2) is 0 Å². The van der Waals surface area contributed by atoms with E-state index in [0.717, 1.165) is 22.6 Å². The van der Waals surface area contributed by atoms with Gasteiger partial charge >= 0.3 is 0 Å². The van der Waals surface area contributed by atoms with E-state index in [1.807, 2.05) is 38.2 Å². The molecule has 1 aliphatic rings. The molecule has 0 saturated carbocycles. The zero-order valence-electron chi connectivity index (χ0n) is 10.6. The van der Waals surface area contributed by atoms with Crippen molar-refractivity contribution < 1.29 is 4.79 Å². The summed E-state index contributed by atoms with van der Waals surface area (Å²) >= 11 is 0. The first kappa shape index (κ1) is 13.2. The summed E-state index contributed by atoms with van der Waals surface area (Å²) in [5, 5.41) is 2.60. The van der Waals surface area contributed by atoms with Crippen LogP contribution >= 0.6 is 0 Å². The van der Waals surface area contributed by atoms with Crippen LogP contribution in [0.15, 0.2) is 52.7 Å². The van der Waals surface area contributed by atoms with Crippen LogP contribution < -0.4 is 5.32 Å². The molecule has 0 aliphatic heterocycles. The first-order chi connectivity index (χ1) is 8.04. The molecule has 3 heteroatoms. The van der Waals surface area contributed by atoms with E-state index in [1.54, 1.807) is 7.05 Å². The second-order valence-corrected chi connectivity index (χ2v) is 4.04. The van der Waals surface area contributed by atoms with E-state index in [-0.39, 0.29) is 5.91 Å². The molecule has 0 heterocycles. The average molecular weight is 230 g/mol. The molecule has 0 aromatic heterocycles. The van der Waals surface area contributed by atoms with Crippen molar-refractivity contribution >= 4 is 11.6 Å². The first-order valence-electron chi connectivity index (χ1n) is 5.54.